The van der Waals surface area contributed by atoms with Gasteiger partial charge in [0.2, 0.25) is 0 Å². The highest BCUT2D eigenvalue weighted by atomic mass is 35.5. The minimum Gasteiger partial charge on any atom is -0.356 e. The van der Waals surface area contributed by atoms with Gasteiger partial charge in [0.25, 0.3) is 0 Å². The molecule has 21 heavy (non-hydrogen) atoms. The van der Waals surface area contributed by atoms with Crippen LogP contribution in [0.25, 0.3) is 0 Å². The summed E-state index contributed by atoms with van der Waals surface area (Å²) in [6, 6.07) is 16.3. The summed E-state index contributed by atoms with van der Waals surface area (Å²) in [6.07, 6.45) is 0.959. The number of thiocarbonyl (C=S) groups is 1. The van der Waals surface area contributed by atoms with E-state index in [0.29, 0.717) is 5.11 Å². The number of benzene rings is 2. The molecule has 0 fully saturated rings. The van der Waals surface area contributed by atoms with Crippen LogP contribution in [-0.2, 0) is 0 Å². The Morgan fingerprint density at radius 1 is 1.19 bits per heavy atom. The zero-order chi connectivity index (χ0) is 15.2. The van der Waals surface area contributed by atoms with E-state index < -0.39 is 0 Å². The molecule has 0 heterocycles. The fourth-order valence-corrected chi connectivity index (χ4v) is 2.54. The number of rotatable bonds is 4. The lowest BCUT2D eigenvalue weighted by Gasteiger charge is -2.20. The van der Waals surface area contributed by atoms with Gasteiger partial charge in [-0.25, -0.2) is 0 Å². The Kier molecular flexibility index (Phi) is 5.59. The summed E-state index contributed by atoms with van der Waals surface area (Å²) in [6.45, 7) is 4.11. The smallest absolute Gasteiger partial charge is 0.171 e. The molecule has 0 bridgehead atoms. The van der Waals surface area contributed by atoms with Crippen molar-refractivity contribution in [2.75, 3.05) is 5.32 Å². The Balaban J connectivity index is 2.01. The molecule has 0 aliphatic rings. The highest BCUT2D eigenvalue weighted by Crippen LogP contribution is 2.20. The van der Waals surface area contributed by atoms with Crippen molar-refractivity contribution in [1.82, 2.24) is 5.32 Å². The molecule has 2 aromatic rings. The molecular formula is C17H19ClN2S. The van der Waals surface area contributed by atoms with E-state index in [0.717, 1.165) is 22.7 Å². The molecule has 2 rings (SSSR count). The second-order valence-corrected chi connectivity index (χ2v) is 5.75. The first kappa shape index (κ1) is 15.8. The van der Waals surface area contributed by atoms with Crippen molar-refractivity contribution in [3.63, 3.8) is 0 Å². The third-order valence-electron chi connectivity index (χ3n) is 3.35. The molecule has 2 N–H and O–H groups in total. The van der Waals surface area contributed by atoms with Crippen LogP contribution in [0, 0.1) is 6.92 Å². The number of anilines is 1. The van der Waals surface area contributed by atoms with Crippen LogP contribution in [0.5, 0.6) is 0 Å². The molecule has 2 nitrogen and oxygen atoms in total. The maximum absolute atomic E-state index is 6.12. The zero-order valence-electron chi connectivity index (χ0n) is 12.2. The molecule has 0 saturated heterocycles. The van der Waals surface area contributed by atoms with Crippen LogP contribution < -0.4 is 10.6 Å². The van der Waals surface area contributed by atoms with Gasteiger partial charge in [0.05, 0.1) is 6.04 Å². The topological polar surface area (TPSA) is 24.1 Å². The van der Waals surface area contributed by atoms with E-state index >= 15 is 0 Å². The van der Waals surface area contributed by atoms with Gasteiger partial charge in [-0.15, -0.1) is 0 Å². The largest absolute Gasteiger partial charge is 0.356 e. The van der Waals surface area contributed by atoms with Gasteiger partial charge in [0.15, 0.2) is 5.11 Å². The Morgan fingerprint density at radius 2 is 1.90 bits per heavy atom. The highest BCUT2D eigenvalue weighted by Gasteiger charge is 2.10. The molecule has 4 heteroatoms. The van der Waals surface area contributed by atoms with Crippen molar-refractivity contribution >= 4 is 34.6 Å². The van der Waals surface area contributed by atoms with Crippen molar-refractivity contribution in [3.05, 3.63) is 64.7 Å². The van der Waals surface area contributed by atoms with Gasteiger partial charge in [0.1, 0.15) is 0 Å². The van der Waals surface area contributed by atoms with Crippen LogP contribution >= 0.6 is 23.8 Å². The molecular weight excluding hydrogens is 300 g/mol. The average Bonchev–Trinajstić information content (AvgIpc) is 2.49. The van der Waals surface area contributed by atoms with Crippen LogP contribution in [0.15, 0.2) is 48.5 Å². The van der Waals surface area contributed by atoms with Crippen molar-refractivity contribution < 1.29 is 0 Å². The maximum Gasteiger partial charge on any atom is 0.171 e. The SMILES string of the molecule is CC[C@@H](NC(=S)Nc1ccc(C)c(Cl)c1)c1ccccc1. The van der Waals surface area contributed by atoms with Crippen LogP contribution in [0.2, 0.25) is 5.02 Å². The molecule has 0 radical (unpaired) electrons. The number of aryl methyl sites for hydroxylation is 1. The molecule has 0 aromatic heterocycles. The molecule has 0 saturated carbocycles. The van der Waals surface area contributed by atoms with Crippen molar-refractivity contribution in [2.45, 2.75) is 26.3 Å². The van der Waals surface area contributed by atoms with Gasteiger partial charge < -0.3 is 10.6 Å². The number of hydrogen-bond donors (Lipinski definition) is 2. The fraction of sp³-hybridized carbons (Fsp3) is 0.235. The Bertz CT molecular complexity index is 613. The summed E-state index contributed by atoms with van der Waals surface area (Å²) in [5.74, 6) is 0. The second-order valence-electron chi connectivity index (χ2n) is 4.93. The molecule has 110 valence electrons. The van der Waals surface area contributed by atoms with Crippen LogP contribution in [0.4, 0.5) is 5.69 Å². The predicted octanol–water partition coefficient (Wildman–Crippen LogP) is 5.09. The lowest BCUT2D eigenvalue weighted by molar-refractivity contribution is 0.629. The van der Waals surface area contributed by atoms with E-state index in [9.17, 15) is 0 Å². The summed E-state index contributed by atoms with van der Waals surface area (Å²) in [5, 5.41) is 7.86. The lowest BCUT2D eigenvalue weighted by atomic mass is 10.1. The zero-order valence-corrected chi connectivity index (χ0v) is 13.8. The van der Waals surface area contributed by atoms with E-state index in [2.05, 4.69) is 29.7 Å². The van der Waals surface area contributed by atoms with Crippen molar-refractivity contribution in [3.8, 4) is 0 Å². The quantitative estimate of drug-likeness (QED) is 0.768. The summed E-state index contributed by atoms with van der Waals surface area (Å²) in [5.41, 5.74) is 3.17. The van der Waals surface area contributed by atoms with E-state index in [-0.39, 0.29) is 6.04 Å². The van der Waals surface area contributed by atoms with Crippen LogP contribution in [-0.4, -0.2) is 5.11 Å². The summed E-state index contributed by atoms with van der Waals surface area (Å²) >= 11 is 11.5. The minimum atomic E-state index is 0.201. The maximum atomic E-state index is 6.12. The predicted molar refractivity (Wildman–Crippen MR) is 95.0 cm³/mol. The first-order valence-electron chi connectivity index (χ1n) is 6.98. The monoisotopic (exact) mass is 318 g/mol. The van der Waals surface area contributed by atoms with Gasteiger partial charge in [0, 0.05) is 10.7 Å². The number of halogens is 1. The van der Waals surface area contributed by atoms with Gasteiger partial charge in [-0.2, -0.15) is 0 Å². The third-order valence-corrected chi connectivity index (χ3v) is 3.97. The van der Waals surface area contributed by atoms with Gasteiger partial charge in [-0.3, -0.25) is 0 Å². The first-order chi connectivity index (χ1) is 10.1. The Labute approximate surface area is 136 Å². The summed E-state index contributed by atoms with van der Waals surface area (Å²) < 4.78 is 0. The summed E-state index contributed by atoms with van der Waals surface area (Å²) in [7, 11) is 0. The molecule has 0 spiro atoms. The van der Waals surface area contributed by atoms with Crippen LogP contribution in [0.1, 0.15) is 30.5 Å². The lowest BCUT2D eigenvalue weighted by Crippen LogP contribution is -2.32. The molecule has 2 aromatic carbocycles. The van der Waals surface area contributed by atoms with E-state index in [1.165, 1.54) is 5.56 Å². The Hall–Kier alpha value is -1.58. The van der Waals surface area contributed by atoms with Gasteiger partial charge >= 0.3 is 0 Å². The standard InChI is InChI=1S/C17H19ClN2S/c1-3-16(13-7-5-4-6-8-13)20-17(21)19-14-10-9-12(2)15(18)11-14/h4-11,16H,3H2,1-2H3,(H2,19,20,21)/t16-/m1/s1. The minimum absolute atomic E-state index is 0.201. The third kappa shape index (κ3) is 4.45. The number of hydrogen-bond acceptors (Lipinski definition) is 1. The fourth-order valence-electron chi connectivity index (χ4n) is 2.10. The van der Waals surface area contributed by atoms with E-state index in [1.54, 1.807) is 0 Å². The molecule has 0 amide bonds. The van der Waals surface area contributed by atoms with Gasteiger partial charge in [-0.05, 0) is 48.8 Å². The Morgan fingerprint density at radius 3 is 2.52 bits per heavy atom. The van der Waals surface area contributed by atoms with Crippen molar-refractivity contribution in [1.29, 1.82) is 0 Å². The molecule has 0 aliphatic heterocycles. The highest BCUT2D eigenvalue weighted by molar-refractivity contribution is 7.80. The van der Waals surface area contributed by atoms with Crippen molar-refractivity contribution in [2.24, 2.45) is 0 Å². The summed E-state index contributed by atoms with van der Waals surface area (Å²) in [4.78, 5) is 0. The molecule has 0 unspecified atom stereocenters. The first-order valence-corrected chi connectivity index (χ1v) is 7.77. The van der Waals surface area contributed by atoms with Crippen LogP contribution in [0.3, 0.4) is 0 Å². The average molecular weight is 319 g/mol. The molecule has 1 atom stereocenters. The number of nitrogens with one attached hydrogen (secondary N) is 2. The van der Waals surface area contributed by atoms with E-state index in [4.69, 9.17) is 23.8 Å². The normalized spacial score (nSPS) is 11.8. The van der Waals surface area contributed by atoms with E-state index in [1.807, 2.05) is 43.3 Å². The second kappa shape index (κ2) is 7.43. The molecule has 0 aliphatic carbocycles. The van der Waals surface area contributed by atoms with Gasteiger partial charge in [-0.1, -0.05) is 54.9 Å².